The molecule has 1 N–H and O–H groups in total. The molecule has 0 aliphatic carbocycles. The minimum atomic E-state index is -1.16. The van der Waals surface area contributed by atoms with Crippen molar-refractivity contribution in [3.8, 4) is 0 Å². The summed E-state index contributed by atoms with van der Waals surface area (Å²) < 4.78 is 18.3. The van der Waals surface area contributed by atoms with Gasteiger partial charge in [-0.25, -0.2) is 9.18 Å². The Labute approximate surface area is 96.4 Å². The number of cyclic esters (lactones) is 1. The van der Waals surface area contributed by atoms with E-state index in [2.05, 4.69) is 0 Å². The molecule has 1 heterocycles. The van der Waals surface area contributed by atoms with E-state index in [-0.39, 0.29) is 12.2 Å². The molecule has 1 aliphatic rings. The largest absolute Gasteiger partial charge is 0.480 e. The minimum absolute atomic E-state index is 0.0347. The van der Waals surface area contributed by atoms with E-state index in [0.717, 1.165) is 4.90 Å². The number of benzene rings is 1. The summed E-state index contributed by atoms with van der Waals surface area (Å²) in [5.74, 6) is -1.64. The number of nitrogens with zero attached hydrogens (tertiary/aromatic N) is 1. The van der Waals surface area contributed by atoms with Crippen molar-refractivity contribution in [3.63, 3.8) is 0 Å². The van der Waals surface area contributed by atoms with Crippen LogP contribution in [0.25, 0.3) is 0 Å². The lowest BCUT2D eigenvalue weighted by molar-refractivity contribution is -0.137. The number of halogens is 1. The van der Waals surface area contributed by atoms with Gasteiger partial charge in [-0.3, -0.25) is 9.69 Å². The lowest BCUT2D eigenvalue weighted by Crippen LogP contribution is -2.33. The van der Waals surface area contributed by atoms with Gasteiger partial charge in [-0.1, -0.05) is 18.2 Å². The van der Waals surface area contributed by atoms with E-state index >= 15 is 0 Å². The molecule has 0 radical (unpaired) electrons. The molecule has 1 unspecified atom stereocenters. The highest BCUT2D eigenvalue weighted by atomic mass is 19.1. The third-order valence-corrected chi connectivity index (χ3v) is 2.55. The predicted molar refractivity (Wildman–Crippen MR) is 54.8 cm³/mol. The molecule has 0 bridgehead atoms. The van der Waals surface area contributed by atoms with Crippen molar-refractivity contribution in [2.45, 2.75) is 6.04 Å². The Kier molecular flexibility index (Phi) is 2.95. The number of rotatable bonds is 3. The molecule has 0 spiro atoms. The van der Waals surface area contributed by atoms with Crippen molar-refractivity contribution in [2.24, 2.45) is 0 Å². The van der Waals surface area contributed by atoms with Crippen molar-refractivity contribution in [3.05, 3.63) is 35.6 Å². The summed E-state index contributed by atoms with van der Waals surface area (Å²) in [5, 5.41) is 8.68. The zero-order chi connectivity index (χ0) is 12.4. The van der Waals surface area contributed by atoms with Crippen LogP contribution in [0.3, 0.4) is 0 Å². The van der Waals surface area contributed by atoms with Crippen LogP contribution in [0.4, 0.5) is 9.18 Å². The summed E-state index contributed by atoms with van der Waals surface area (Å²) in [7, 11) is 0. The third-order valence-electron chi connectivity index (χ3n) is 2.55. The lowest BCUT2D eigenvalue weighted by atomic mass is 10.1. The molecular formula is C11H10FNO4. The fraction of sp³-hybridized carbons (Fsp3) is 0.273. The van der Waals surface area contributed by atoms with E-state index < -0.39 is 30.5 Å². The van der Waals surface area contributed by atoms with Gasteiger partial charge in [0, 0.05) is 5.56 Å². The molecule has 1 aromatic carbocycles. The first-order chi connectivity index (χ1) is 8.09. The van der Waals surface area contributed by atoms with Crippen molar-refractivity contribution in [1.29, 1.82) is 0 Å². The predicted octanol–water partition coefficient (Wildman–Crippen LogP) is 1.40. The molecule has 0 aromatic heterocycles. The molecule has 90 valence electrons. The van der Waals surface area contributed by atoms with Crippen LogP contribution in [0.1, 0.15) is 11.6 Å². The lowest BCUT2D eigenvalue weighted by Gasteiger charge is -2.19. The van der Waals surface area contributed by atoms with Gasteiger partial charge in [-0.15, -0.1) is 0 Å². The first-order valence-corrected chi connectivity index (χ1v) is 4.99. The van der Waals surface area contributed by atoms with Gasteiger partial charge in [0.25, 0.3) is 0 Å². The normalized spacial score (nSPS) is 19.2. The molecule has 6 heteroatoms. The van der Waals surface area contributed by atoms with Crippen LogP contribution >= 0.6 is 0 Å². The number of carboxylic acid groups (broad SMARTS) is 1. The van der Waals surface area contributed by atoms with E-state index in [1.807, 2.05) is 0 Å². The first kappa shape index (κ1) is 11.4. The van der Waals surface area contributed by atoms with E-state index in [4.69, 9.17) is 9.84 Å². The molecule has 0 saturated carbocycles. The van der Waals surface area contributed by atoms with Gasteiger partial charge in [-0.05, 0) is 6.07 Å². The second kappa shape index (κ2) is 4.40. The number of ether oxygens (including phenoxy) is 1. The van der Waals surface area contributed by atoms with Crippen LogP contribution in [-0.4, -0.2) is 35.2 Å². The van der Waals surface area contributed by atoms with Crippen LogP contribution in [0.2, 0.25) is 0 Å². The summed E-state index contributed by atoms with van der Waals surface area (Å²) in [5.41, 5.74) is 0.264. The first-order valence-electron chi connectivity index (χ1n) is 4.99. The van der Waals surface area contributed by atoms with Gasteiger partial charge in [0.1, 0.15) is 19.0 Å². The number of amides is 1. The van der Waals surface area contributed by atoms with Gasteiger partial charge >= 0.3 is 12.1 Å². The summed E-state index contributed by atoms with van der Waals surface area (Å²) in [4.78, 5) is 22.9. The van der Waals surface area contributed by atoms with Gasteiger partial charge in [0.05, 0.1) is 6.04 Å². The molecule has 2 rings (SSSR count). The zero-order valence-corrected chi connectivity index (χ0v) is 8.80. The SMILES string of the molecule is O=C(O)CN1C(=O)OCC1c1ccccc1F. The second-order valence-corrected chi connectivity index (χ2v) is 3.64. The smallest absolute Gasteiger partial charge is 0.411 e. The van der Waals surface area contributed by atoms with E-state index in [0.29, 0.717) is 0 Å². The van der Waals surface area contributed by atoms with Crippen LogP contribution < -0.4 is 0 Å². The Morgan fingerprint density at radius 2 is 2.24 bits per heavy atom. The summed E-state index contributed by atoms with van der Waals surface area (Å²) >= 11 is 0. The van der Waals surface area contributed by atoms with Gasteiger partial charge in [0.2, 0.25) is 0 Å². The molecule has 17 heavy (non-hydrogen) atoms. The highest BCUT2D eigenvalue weighted by Gasteiger charge is 2.36. The van der Waals surface area contributed by atoms with Crippen LogP contribution in [0.15, 0.2) is 24.3 Å². The molecule has 1 atom stereocenters. The highest BCUT2D eigenvalue weighted by molar-refractivity contribution is 5.78. The second-order valence-electron chi connectivity index (χ2n) is 3.64. The van der Waals surface area contributed by atoms with Crippen molar-refractivity contribution < 1.29 is 23.8 Å². The Hall–Kier alpha value is -2.11. The van der Waals surface area contributed by atoms with Crippen molar-refractivity contribution in [2.75, 3.05) is 13.2 Å². The standard InChI is InChI=1S/C11H10FNO4/c12-8-4-2-1-3-7(8)9-6-17-11(16)13(9)5-10(14)15/h1-4,9H,5-6H2,(H,14,15). The van der Waals surface area contributed by atoms with Gasteiger partial charge in [-0.2, -0.15) is 0 Å². The fourth-order valence-corrected chi connectivity index (χ4v) is 1.77. The maximum absolute atomic E-state index is 13.5. The Bertz CT molecular complexity index is 463. The molecule has 5 nitrogen and oxygen atoms in total. The van der Waals surface area contributed by atoms with Crippen LogP contribution in [0, 0.1) is 5.82 Å². The zero-order valence-electron chi connectivity index (χ0n) is 8.80. The summed E-state index contributed by atoms with van der Waals surface area (Å²) in [6.45, 7) is -0.537. The van der Waals surface area contributed by atoms with Gasteiger partial charge in [0.15, 0.2) is 0 Å². The van der Waals surface area contributed by atoms with E-state index in [1.165, 1.54) is 18.2 Å². The number of carbonyl (C=O) groups excluding carboxylic acids is 1. The third kappa shape index (κ3) is 2.20. The quantitative estimate of drug-likeness (QED) is 0.865. The molecule has 1 amide bonds. The number of carboxylic acids is 1. The minimum Gasteiger partial charge on any atom is -0.480 e. The molecule has 1 aromatic rings. The molecule has 1 saturated heterocycles. The summed E-state index contributed by atoms with van der Waals surface area (Å²) in [6.07, 6.45) is -0.736. The van der Waals surface area contributed by atoms with Crippen LogP contribution in [-0.2, 0) is 9.53 Å². The maximum Gasteiger partial charge on any atom is 0.411 e. The van der Waals surface area contributed by atoms with Gasteiger partial charge < -0.3 is 9.84 Å². The van der Waals surface area contributed by atoms with E-state index in [1.54, 1.807) is 6.07 Å². The summed E-state index contributed by atoms with van der Waals surface area (Å²) in [6, 6.07) is 5.24. The average molecular weight is 239 g/mol. The maximum atomic E-state index is 13.5. The Morgan fingerprint density at radius 1 is 1.53 bits per heavy atom. The molecule has 1 aliphatic heterocycles. The van der Waals surface area contributed by atoms with Crippen molar-refractivity contribution in [1.82, 2.24) is 4.90 Å². The van der Waals surface area contributed by atoms with E-state index in [9.17, 15) is 14.0 Å². The number of hydrogen-bond donors (Lipinski definition) is 1. The number of aliphatic carboxylic acids is 1. The van der Waals surface area contributed by atoms with Crippen LogP contribution in [0.5, 0.6) is 0 Å². The topological polar surface area (TPSA) is 66.8 Å². The van der Waals surface area contributed by atoms with Crippen molar-refractivity contribution >= 4 is 12.1 Å². The number of carbonyl (C=O) groups is 2. The number of hydrogen-bond acceptors (Lipinski definition) is 3. The average Bonchev–Trinajstić information content (AvgIpc) is 2.61. The Balaban J connectivity index is 2.28. The Morgan fingerprint density at radius 3 is 2.88 bits per heavy atom. The molecular weight excluding hydrogens is 229 g/mol. The highest BCUT2D eigenvalue weighted by Crippen LogP contribution is 2.28. The fourth-order valence-electron chi connectivity index (χ4n) is 1.77. The molecule has 1 fully saturated rings. The monoisotopic (exact) mass is 239 g/mol.